The second-order valence-electron chi connectivity index (χ2n) is 6.26. The van der Waals surface area contributed by atoms with Gasteiger partial charge in [-0.15, -0.1) is 0 Å². The molecule has 2 atom stereocenters. The zero-order chi connectivity index (χ0) is 16.4. The number of carbonyl (C=O) groups excluding carboxylic acids is 1. The molecule has 1 amide bonds. The summed E-state index contributed by atoms with van der Waals surface area (Å²) in [6.45, 7) is 2.40. The molecule has 2 unspecified atom stereocenters. The van der Waals surface area contributed by atoms with Crippen LogP contribution >= 0.6 is 0 Å². The van der Waals surface area contributed by atoms with Gasteiger partial charge in [0.05, 0.1) is 10.8 Å². The smallest absolute Gasteiger partial charge is 0.292 e. The molecule has 0 aromatic heterocycles. The van der Waals surface area contributed by atoms with Crippen LogP contribution in [0.4, 0.5) is 11.4 Å². The summed E-state index contributed by atoms with van der Waals surface area (Å²) in [6, 6.07) is 6.74. The lowest BCUT2D eigenvalue weighted by molar-refractivity contribution is -0.384. The average molecular weight is 318 g/mol. The van der Waals surface area contributed by atoms with Crippen LogP contribution < -0.4 is 10.6 Å². The Hall–Kier alpha value is -2.15. The van der Waals surface area contributed by atoms with Gasteiger partial charge in [0.2, 0.25) is 5.91 Å². The maximum Gasteiger partial charge on any atom is 0.292 e. The van der Waals surface area contributed by atoms with Gasteiger partial charge in [-0.25, -0.2) is 0 Å². The molecule has 1 saturated carbocycles. The van der Waals surface area contributed by atoms with Crippen LogP contribution in [0.3, 0.4) is 0 Å². The summed E-state index contributed by atoms with van der Waals surface area (Å²) in [4.78, 5) is 27.2. The SMILES string of the molecule is NC1CCCC1C(=O)N1CCN(c2ccccc2[N+](=O)[O-])CC1. The number of nitro benzene ring substituents is 1. The van der Waals surface area contributed by atoms with Gasteiger partial charge in [0.1, 0.15) is 5.69 Å². The number of rotatable bonds is 3. The fraction of sp³-hybridized carbons (Fsp3) is 0.562. The van der Waals surface area contributed by atoms with Gasteiger partial charge in [-0.2, -0.15) is 0 Å². The molecular formula is C16H22N4O3. The molecule has 1 aliphatic heterocycles. The summed E-state index contributed by atoms with van der Waals surface area (Å²) in [5.41, 5.74) is 6.77. The van der Waals surface area contributed by atoms with E-state index in [4.69, 9.17) is 5.73 Å². The molecule has 23 heavy (non-hydrogen) atoms. The topological polar surface area (TPSA) is 92.7 Å². The zero-order valence-corrected chi connectivity index (χ0v) is 13.1. The first-order valence-electron chi connectivity index (χ1n) is 8.10. The highest BCUT2D eigenvalue weighted by molar-refractivity contribution is 5.80. The van der Waals surface area contributed by atoms with Gasteiger partial charge in [0.25, 0.3) is 5.69 Å². The van der Waals surface area contributed by atoms with E-state index >= 15 is 0 Å². The van der Waals surface area contributed by atoms with Crippen LogP contribution in [0.15, 0.2) is 24.3 Å². The van der Waals surface area contributed by atoms with E-state index in [2.05, 4.69) is 0 Å². The van der Waals surface area contributed by atoms with Gasteiger partial charge < -0.3 is 15.5 Å². The van der Waals surface area contributed by atoms with E-state index < -0.39 is 0 Å². The maximum atomic E-state index is 12.5. The zero-order valence-electron chi connectivity index (χ0n) is 13.1. The quantitative estimate of drug-likeness (QED) is 0.671. The summed E-state index contributed by atoms with van der Waals surface area (Å²) >= 11 is 0. The number of para-hydroxylation sites is 2. The number of benzene rings is 1. The van der Waals surface area contributed by atoms with Crippen molar-refractivity contribution in [1.29, 1.82) is 0 Å². The molecule has 2 N–H and O–H groups in total. The van der Waals surface area contributed by atoms with Gasteiger partial charge >= 0.3 is 0 Å². The summed E-state index contributed by atoms with van der Waals surface area (Å²) in [6.07, 6.45) is 2.82. The number of anilines is 1. The first-order chi connectivity index (χ1) is 11.1. The highest BCUT2D eigenvalue weighted by Crippen LogP contribution is 2.30. The molecule has 1 aliphatic carbocycles. The molecule has 7 heteroatoms. The van der Waals surface area contributed by atoms with Gasteiger partial charge in [-0.3, -0.25) is 14.9 Å². The van der Waals surface area contributed by atoms with Crippen LogP contribution in [0, 0.1) is 16.0 Å². The van der Waals surface area contributed by atoms with Crippen molar-refractivity contribution >= 4 is 17.3 Å². The third-order valence-corrected chi connectivity index (χ3v) is 4.90. The molecule has 0 spiro atoms. The van der Waals surface area contributed by atoms with Crippen LogP contribution in [0.1, 0.15) is 19.3 Å². The Morgan fingerprint density at radius 1 is 1.17 bits per heavy atom. The fourth-order valence-corrected chi connectivity index (χ4v) is 3.58. The van der Waals surface area contributed by atoms with Crippen molar-refractivity contribution < 1.29 is 9.72 Å². The third kappa shape index (κ3) is 3.14. The number of carbonyl (C=O) groups is 1. The van der Waals surface area contributed by atoms with Crippen molar-refractivity contribution in [3.8, 4) is 0 Å². The van der Waals surface area contributed by atoms with E-state index in [0.717, 1.165) is 19.3 Å². The Kier molecular flexibility index (Phi) is 4.47. The molecule has 0 radical (unpaired) electrons. The lowest BCUT2D eigenvalue weighted by atomic mass is 10.0. The molecule has 1 heterocycles. The lowest BCUT2D eigenvalue weighted by Gasteiger charge is -2.37. The Morgan fingerprint density at radius 3 is 2.48 bits per heavy atom. The Bertz CT molecular complexity index is 599. The minimum absolute atomic E-state index is 0.0178. The van der Waals surface area contributed by atoms with Crippen molar-refractivity contribution in [3.63, 3.8) is 0 Å². The fourth-order valence-electron chi connectivity index (χ4n) is 3.58. The van der Waals surface area contributed by atoms with E-state index in [1.165, 1.54) is 6.07 Å². The molecule has 3 rings (SSSR count). The van der Waals surface area contributed by atoms with Gasteiger partial charge in [0, 0.05) is 38.3 Å². The first kappa shape index (κ1) is 15.7. The van der Waals surface area contributed by atoms with Crippen LogP contribution in [-0.4, -0.2) is 48.0 Å². The van der Waals surface area contributed by atoms with Gasteiger partial charge in [0.15, 0.2) is 0 Å². The molecule has 2 fully saturated rings. The predicted octanol–water partition coefficient (Wildman–Crippen LogP) is 1.37. The first-order valence-corrected chi connectivity index (χ1v) is 8.10. The highest BCUT2D eigenvalue weighted by atomic mass is 16.6. The Balaban J connectivity index is 1.65. The lowest BCUT2D eigenvalue weighted by Crippen LogP contribution is -2.52. The van der Waals surface area contributed by atoms with Crippen LogP contribution in [-0.2, 0) is 4.79 Å². The van der Waals surface area contributed by atoms with Crippen LogP contribution in [0.2, 0.25) is 0 Å². The predicted molar refractivity (Wildman–Crippen MR) is 87.2 cm³/mol. The number of nitro groups is 1. The number of nitrogens with two attached hydrogens (primary N) is 1. The third-order valence-electron chi connectivity index (χ3n) is 4.90. The number of hydrogen-bond donors (Lipinski definition) is 1. The van der Waals surface area contributed by atoms with E-state index in [9.17, 15) is 14.9 Å². The van der Waals surface area contributed by atoms with Gasteiger partial charge in [-0.1, -0.05) is 18.6 Å². The van der Waals surface area contributed by atoms with Crippen molar-refractivity contribution in [2.24, 2.45) is 11.7 Å². The van der Waals surface area contributed by atoms with E-state index in [1.807, 2.05) is 9.80 Å². The standard InChI is InChI=1S/C16H22N4O3/c17-13-5-3-4-12(13)16(21)19-10-8-18(9-11-19)14-6-1-2-7-15(14)20(22)23/h1-2,6-7,12-13H,3-5,8-11,17H2. The van der Waals surface area contributed by atoms with Gasteiger partial charge in [-0.05, 0) is 18.9 Å². The monoisotopic (exact) mass is 318 g/mol. The normalized spacial score (nSPS) is 24.7. The summed E-state index contributed by atoms with van der Waals surface area (Å²) < 4.78 is 0. The minimum atomic E-state index is -0.357. The highest BCUT2D eigenvalue weighted by Gasteiger charge is 2.35. The van der Waals surface area contributed by atoms with E-state index in [-0.39, 0.29) is 28.5 Å². The second kappa shape index (κ2) is 6.54. The second-order valence-corrected chi connectivity index (χ2v) is 6.26. The Morgan fingerprint density at radius 2 is 1.87 bits per heavy atom. The molecule has 1 aromatic carbocycles. The molecule has 2 aliphatic rings. The van der Waals surface area contributed by atoms with E-state index in [0.29, 0.717) is 31.9 Å². The molecule has 1 saturated heterocycles. The molecule has 1 aromatic rings. The van der Waals surface area contributed by atoms with Crippen molar-refractivity contribution in [2.75, 3.05) is 31.1 Å². The van der Waals surface area contributed by atoms with E-state index in [1.54, 1.807) is 18.2 Å². The molecular weight excluding hydrogens is 296 g/mol. The Labute approximate surface area is 135 Å². The van der Waals surface area contributed by atoms with Crippen molar-refractivity contribution in [3.05, 3.63) is 34.4 Å². The summed E-state index contributed by atoms with van der Waals surface area (Å²) in [7, 11) is 0. The number of hydrogen-bond acceptors (Lipinski definition) is 5. The molecule has 124 valence electrons. The van der Waals surface area contributed by atoms with Crippen molar-refractivity contribution in [1.82, 2.24) is 4.90 Å². The van der Waals surface area contributed by atoms with Crippen molar-refractivity contribution in [2.45, 2.75) is 25.3 Å². The number of nitrogens with zero attached hydrogens (tertiary/aromatic N) is 3. The van der Waals surface area contributed by atoms with Crippen LogP contribution in [0.5, 0.6) is 0 Å². The average Bonchev–Trinajstić information content (AvgIpc) is 3.00. The van der Waals surface area contributed by atoms with Crippen LogP contribution in [0.25, 0.3) is 0 Å². The number of amides is 1. The molecule has 7 nitrogen and oxygen atoms in total. The minimum Gasteiger partial charge on any atom is -0.362 e. The maximum absolute atomic E-state index is 12.5. The summed E-state index contributed by atoms with van der Waals surface area (Å²) in [5, 5.41) is 11.1. The molecule has 0 bridgehead atoms. The number of piperazine rings is 1. The largest absolute Gasteiger partial charge is 0.362 e. The summed E-state index contributed by atoms with van der Waals surface area (Å²) in [5.74, 6) is 0.102.